The van der Waals surface area contributed by atoms with Crippen molar-refractivity contribution in [3.05, 3.63) is 27.4 Å². The zero-order chi connectivity index (χ0) is 12.5. The third kappa shape index (κ3) is 2.75. The SMILES string of the molecule is CCc1nc(=O)[nH]c(CC)c1CCC1(N)CC1. The summed E-state index contributed by atoms with van der Waals surface area (Å²) in [5, 5.41) is 0. The Balaban J connectivity index is 2.25. The Labute approximate surface area is 102 Å². The first-order valence-corrected chi connectivity index (χ1v) is 6.48. The van der Waals surface area contributed by atoms with E-state index in [0.29, 0.717) is 0 Å². The van der Waals surface area contributed by atoms with Crippen molar-refractivity contribution >= 4 is 0 Å². The summed E-state index contributed by atoms with van der Waals surface area (Å²) in [4.78, 5) is 18.3. The molecule has 0 aromatic carbocycles. The van der Waals surface area contributed by atoms with Crippen LogP contribution in [0.1, 0.15) is 50.1 Å². The standard InChI is InChI=1S/C13H21N3O/c1-3-10-9(5-6-13(14)7-8-13)11(4-2)16-12(17)15-10/h3-8,14H2,1-2H3,(H,15,16,17). The smallest absolute Gasteiger partial charge is 0.325 e. The number of hydrogen-bond donors (Lipinski definition) is 2. The van der Waals surface area contributed by atoms with E-state index in [2.05, 4.69) is 16.9 Å². The molecule has 0 atom stereocenters. The highest BCUT2D eigenvalue weighted by atomic mass is 16.1. The highest BCUT2D eigenvalue weighted by Gasteiger charge is 2.37. The molecule has 0 unspecified atom stereocenters. The summed E-state index contributed by atoms with van der Waals surface area (Å²) in [6.45, 7) is 4.10. The molecule has 0 saturated heterocycles. The van der Waals surface area contributed by atoms with Gasteiger partial charge in [-0.2, -0.15) is 4.98 Å². The number of rotatable bonds is 5. The van der Waals surface area contributed by atoms with Crippen LogP contribution in [0.15, 0.2) is 4.79 Å². The van der Waals surface area contributed by atoms with Crippen LogP contribution in [0, 0.1) is 0 Å². The Kier molecular flexibility index (Phi) is 3.33. The van der Waals surface area contributed by atoms with E-state index in [9.17, 15) is 4.79 Å². The molecule has 4 nitrogen and oxygen atoms in total. The van der Waals surface area contributed by atoms with E-state index in [1.807, 2.05) is 6.92 Å². The molecule has 1 aromatic rings. The lowest BCUT2D eigenvalue weighted by Gasteiger charge is -2.14. The van der Waals surface area contributed by atoms with Crippen LogP contribution in [0.25, 0.3) is 0 Å². The number of hydrogen-bond acceptors (Lipinski definition) is 3. The van der Waals surface area contributed by atoms with E-state index in [1.165, 1.54) is 5.56 Å². The van der Waals surface area contributed by atoms with E-state index in [-0.39, 0.29) is 11.2 Å². The molecule has 2 rings (SSSR count). The predicted molar refractivity (Wildman–Crippen MR) is 68.1 cm³/mol. The lowest BCUT2D eigenvalue weighted by atomic mass is 9.99. The van der Waals surface area contributed by atoms with Crippen LogP contribution in [-0.2, 0) is 19.3 Å². The van der Waals surface area contributed by atoms with Gasteiger partial charge in [-0.05, 0) is 44.1 Å². The summed E-state index contributed by atoms with van der Waals surface area (Å²) in [6.07, 6.45) is 5.86. The molecule has 1 aliphatic carbocycles. The summed E-state index contributed by atoms with van der Waals surface area (Å²) in [5.74, 6) is 0. The summed E-state index contributed by atoms with van der Waals surface area (Å²) >= 11 is 0. The first-order chi connectivity index (χ1) is 8.08. The third-order valence-corrected chi connectivity index (χ3v) is 3.66. The van der Waals surface area contributed by atoms with Gasteiger partial charge in [0.2, 0.25) is 0 Å². The lowest BCUT2D eigenvalue weighted by molar-refractivity contribution is 0.601. The van der Waals surface area contributed by atoms with E-state index >= 15 is 0 Å². The van der Waals surface area contributed by atoms with Crippen LogP contribution in [0.5, 0.6) is 0 Å². The zero-order valence-electron chi connectivity index (χ0n) is 10.7. The van der Waals surface area contributed by atoms with Crippen molar-refractivity contribution in [2.24, 2.45) is 5.73 Å². The molecule has 0 radical (unpaired) electrons. The Bertz CT molecular complexity index is 432. The maximum absolute atomic E-state index is 11.4. The van der Waals surface area contributed by atoms with Crippen molar-refractivity contribution in [2.75, 3.05) is 0 Å². The van der Waals surface area contributed by atoms with Gasteiger partial charge in [0.1, 0.15) is 0 Å². The van der Waals surface area contributed by atoms with Gasteiger partial charge in [0, 0.05) is 11.2 Å². The largest absolute Gasteiger partial charge is 0.345 e. The molecular weight excluding hydrogens is 214 g/mol. The van der Waals surface area contributed by atoms with E-state index in [1.54, 1.807) is 0 Å². The summed E-state index contributed by atoms with van der Waals surface area (Å²) < 4.78 is 0. The molecule has 1 saturated carbocycles. The summed E-state index contributed by atoms with van der Waals surface area (Å²) in [5.41, 5.74) is 9.14. The Hall–Kier alpha value is -1.16. The monoisotopic (exact) mass is 235 g/mol. The molecule has 3 N–H and O–H groups in total. The second kappa shape index (κ2) is 4.61. The highest BCUT2D eigenvalue weighted by molar-refractivity contribution is 5.26. The van der Waals surface area contributed by atoms with Crippen molar-refractivity contribution in [1.82, 2.24) is 9.97 Å². The van der Waals surface area contributed by atoms with Crippen LogP contribution in [0.4, 0.5) is 0 Å². The molecule has 0 aliphatic heterocycles. The minimum absolute atomic E-state index is 0.0617. The van der Waals surface area contributed by atoms with Crippen LogP contribution < -0.4 is 11.4 Å². The molecule has 0 bridgehead atoms. The Morgan fingerprint density at radius 2 is 2.06 bits per heavy atom. The maximum atomic E-state index is 11.4. The van der Waals surface area contributed by atoms with Gasteiger partial charge in [-0.1, -0.05) is 13.8 Å². The van der Waals surface area contributed by atoms with Gasteiger partial charge >= 0.3 is 5.69 Å². The fourth-order valence-electron chi connectivity index (χ4n) is 2.27. The minimum Gasteiger partial charge on any atom is -0.325 e. The van der Waals surface area contributed by atoms with Crippen molar-refractivity contribution < 1.29 is 0 Å². The quantitative estimate of drug-likeness (QED) is 0.808. The van der Waals surface area contributed by atoms with Crippen molar-refractivity contribution in [1.29, 1.82) is 0 Å². The van der Waals surface area contributed by atoms with Crippen LogP contribution in [-0.4, -0.2) is 15.5 Å². The van der Waals surface area contributed by atoms with Crippen molar-refractivity contribution in [2.45, 2.75) is 57.9 Å². The first kappa shape index (κ1) is 12.3. The van der Waals surface area contributed by atoms with E-state index in [4.69, 9.17) is 5.73 Å². The summed E-state index contributed by atoms with van der Waals surface area (Å²) in [6, 6.07) is 0. The predicted octanol–water partition coefficient (Wildman–Crippen LogP) is 1.32. The zero-order valence-corrected chi connectivity index (χ0v) is 10.7. The van der Waals surface area contributed by atoms with Gasteiger partial charge in [0.25, 0.3) is 0 Å². The molecule has 0 amide bonds. The number of nitrogens with zero attached hydrogens (tertiary/aromatic N) is 1. The van der Waals surface area contributed by atoms with Crippen molar-refractivity contribution in [3.63, 3.8) is 0 Å². The fraction of sp³-hybridized carbons (Fsp3) is 0.692. The van der Waals surface area contributed by atoms with Gasteiger partial charge in [-0.25, -0.2) is 4.79 Å². The fourth-order valence-corrected chi connectivity index (χ4v) is 2.27. The summed E-state index contributed by atoms with van der Waals surface area (Å²) in [7, 11) is 0. The number of aryl methyl sites for hydroxylation is 2. The molecule has 94 valence electrons. The number of aromatic amines is 1. The topological polar surface area (TPSA) is 71.8 Å². The Morgan fingerprint density at radius 3 is 2.59 bits per heavy atom. The first-order valence-electron chi connectivity index (χ1n) is 6.48. The van der Waals surface area contributed by atoms with Gasteiger partial charge in [-0.15, -0.1) is 0 Å². The molecule has 1 fully saturated rings. The van der Waals surface area contributed by atoms with Gasteiger partial charge in [0.15, 0.2) is 0 Å². The molecule has 17 heavy (non-hydrogen) atoms. The average Bonchev–Trinajstić information content (AvgIpc) is 3.04. The van der Waals surface area contributed by atoms with Crippen LogP contribution in [0.3, 0.4) is 0 Å². The molecule has 0 spiro atoms. The number of nitrogens with two attached hydrogens (primary N) is 1. The normalized spacial score (nSPS) is 17.1. The third-order valence-electron chi connectivity index (χ3n) is 3.66. The van der Waals surface area contributed by atoms with Gasteiger partial charge in [0.05, 0.1) is 5.69 Å². The van der Waals surface area contributed by atoms with Crippen LogP contribution >= 0.6 is 0 Å². The van der Waals surface area contributed by atoms with E-state index in [0.717, 1.165) is 49.9 Å². The Morgan fingerprint density at radius 1 is 1.35 bits per heavy atom. The van der Waals surface area contributed by atoms with Gasteiger partial charge in [-0.3, -0.25) is 0 Å². The number of aromatic nitrogens is 2. The number of H-pyrrole nitrogens is 1. The lowest BCUT2D eigenvalue weighted by Crippen LogP contribution is -2.24. The molecular formula is C13H21N3O. The molecule has 1 aromatic heterocycles. The molecule has 1 heterocycles. The second-order valence-electron chi connectivity index (χ2n) is 5.02. The minimum atomic E-state index is -0.226. The van der Waals surface area contributed by atoms with Crippen molar-refractivity contribution in [3.8, 4) is 0 Å². The average molecular weight is 235 g/mol. The number of nitrogens with one attached hydrogen (secondary N) is 1. The van der Waals surface area contributed by atoms with Crippen LogP contribution in [0.2, 0.25) is 0 Å². The molecule has 4 heteroatoms. The molecule has 1 aliphatic rings. The second-order valence-corrected chi connectivity index (χ2v) is 5.02. The highest BCUT2D eigenvalue weighted by Crippen LogP contribution is 2.36. The maximum Gasteiger partial charge on any atom is 0.345 e. The van der Waals surface area contributed by atoms with E-state index < -0.39 is 0 Å². The van der Waals surface area contributed by atoms with Gasteiger partial charge < -0.3 is 10.7 Å².